The van der Waals surface area contributed by atoms with Gasteiger partial charge in [-0.25, -0.2) is 0 Å². The molecule has 2 heterocycles. The molecule has 1 aliphatic carbocycles. The number of pyridine rings is 1. The molecule has 2 atom stereocenters. The number of ether oxygens (including phenoxy) is 1. The van der Waals surface area contributed by atoms with Crippen LogP contribution in [-0.4, -0.2) is 16.8 Å². The molecule has 5 nitrogen and oxygen atoms in total. The van der Waals surface area contributed by atoms with E-state index < -0.39 is 5.41 Å². The van der Waals surface area contributed by atoms with E-state index in [1.807, 2.05) is 51.1 Å². The average Bonchev–Trinajstić information content (AvgIpc) is 3.47. The van der Waals surface area contributed by atoms with Crippen LogP contribution in [0.2, 0.25) is 0 Å². The summed E-state index contributed by atoms with van der Waals surface area (Å²) in [6, 6.07) is 12.1. The van der Waals surface area contributed by atoms with Crippen LogP contribution in [0.5, 0.6) is 5.75 Å². The van der Waals surface area contributed by atoms with Gasteiger partial charge in [0.1, 0.15) is 12.4 Å². The number of nitrogens with zero attached hydrogens (tertiary/aromatic N) is 1. The van der Waals surface area contributed by atoms with Crippen molar-refractivity contribution in [1.82, 2.24) is 10.3 Å². The predicted octanol–water partition coefficient (Wildman–Crippen LogP) is 4.00. The topological polar surface area (TPSA) is 68.3 Å². The quantitative estimate of drug-likeness (QED) is 0.772. The fourth-order valence-electron chi connectivity index (χ4n) is 3.85. The maximum atomic E-state index is 12.2. The predicted molar refractivity (Wildman–Crippen MR) is 106 cm³/mol. The third kappa shape index (κ3) is 3.66. The molecule has 1 aliphatic heterocycles. The van der Waals surface area contributed by atoms with Crippen LogP contribution in [0.4, 0.5) is 0 Å². The number of carbonyl (C=O) groups is 2. The lowest BCUT2D eigenvalue weighted by Crippen LogP contribution is -2.33. The minimum atomic E-state index is -0.692. The maximum absolute atomic E-state index is 12.2. The van der Waals surface area contributed by atoms with Gasteiger partial charge >= 0.3 is 0 Å². The molecule has 0 radical (unpaired) electrons. The molecule has 2 aliphatic rings. The van der Waals surface area contributed by atoms with Gasteiger partial charge in [0.15, 0.2) is 0 Å². The van der Waals surface area contributed by atoms with Gasteiger partial charge in [0.2, 0.25) is 11.8 Å². The molecular weight excluding hydrogens is 352 g/mol. The van der Waals surface area contributed by atoms with Crippen LogP contribution in [0.3, 0.4) is 0 Å². The molecule has 5 heteroatoms. The van der Waals surface area contributed by atoms with Gasteiger partial charge in [-0.2, -0.15) is 0 Å². The van der Waals surface area contributed by atoms with E-state index in [9.17, 15) is 9.59 Å². The highest BCUT2D eigenvalue weighted by Gasteiger charge is 2.46. The van der Waals surface area contributed by atoms with Crippen LogP contribution in [0.1, 0.15) is 67.5 Å². The Morgan fingerprint density at radius 3 is 2.54 bits per heavy atom. The van der Waals surface area contributed by atoms with Crippen molar-refractivity contribution in [1.29, 1.82) is 0 Å². The largest absolute Gasteiger partial charge is 0.489 e. The third-order valence-corrected chi connectivity index (χ3v) is 6.08. The first-order valence-electron chi connectivity index (χ1n) is 9.89. The molecule has 146 valence electrons. The summed E-state index contributed by atoms with van der Waals surface area (Å²) < 4.78 is 5.99. The molecule has 0 spiro atoms. The summed E-state index contributed by atoms with van der Waals surface area (Å²) >= 11 is 0. The Morgan fingerprint density at radius 2 is 1.93 bits per heavy atom. The van der Waals surface area contributed by atoms with Crippen molar-refractivity contribution in [3.8, 4) is 5.75 Å². The van der Waals surface area contributed by atoms with E-state index in [0.29, 0.717) is 12.5 Å². The molecule has 2 amide bonds. The van der Waals surface area contributed by atoms with E-state index >= 15 is 0 Å². The molecule has 28 heavy (non-hydrogen) atoms. The van der Waals surface area contributed by atoms with Crippen molar-refractivity contribution >= 4 is 11.8 Å². The van der Waals surface area contributed by atoms with Gasteiger partial charge in [-0.3, -0.25) is 19.9 Å². The van der Waals surface area contributed by atoms with E-state index in [1.165, 1.54) is 12.8 Å². The number of imide groups is 1. The van der Waals surface area contributed by atoms with Crippen LogP contribution < -0.4 is 10.1 Å². The zero-order chi connectivity index (χ0) is 19.9. The molecule has 1 saturated carbocycles. The first-order valence-corrected chi connectivity index (χ1v) is 9.89. The highest BCUT2D eigenvalue weighted by molar-refractivity contribution is 6.06. The van der Waals surface area contributed by atoms with Crippen LogP contribution in [0, 0.1) is 12.3 Å². The molecule has 4 rings (SSSR count). The zero-order valence-electron chi connectivity index (χ0n) is 16.6. The van der Waals surface area contributed by atoms with E-state index in [-0.39, 0.29) is 24.2 Å². The van der Waals surface area contributed by atoms with Gasteiger partial charge in [-0.1, -0.05) is 31.2 Å². The number of benzene rings is 1. The average molecular weight is 378 g/mol. The van der Waals surface area contributed by atoms with E-state index in [2.05, 4.69) is 16.4 Å². The van der Waals surface area contributed by atoms with Gasteiger partial charge in [0.05, 0.1) is 5.41 Å². The molecule has 1 aromatic carbocycles. The Kier molecular flexibility index (Phi) is 4.69. The molecule has 1 aromatic heterocycles. The molecule has 2 aromatic rings. The van der Waals surface area contributed by atoms with Crippen LogP contribution >= 0.6 is 0 Å². The van der Waals surface area contributed by atoms with Gasteiger partial charge in [-0.15, -0.1) is 0 Å². The van der Waals surface area contributed by atoms with Crippen molar-refractivity contribution in [3.63, 3.8) is 0 Å². The summed E-state index contributed by atoms with van der Waals surface area (Å²) in [5, 5.41) is 2.43. The molecule has 0 unspecified atom stereocenters. The number of hydrogen-bond acceptors (Lipinski definition) is 4. The number of aromatic nitrogens is 1. The van der Waals surface area contributed by atoms with Gasteiger partial charge in [-0.05, 0) is 43.7 Å². The highest BCUT2D eigenvalue weighted by Crippen LogP contribution is 2.42. The number of amides is 2. The third-order valence-electron chi connectivity index (χ3n) is 6.08. The Morgan fingerprint density at radius 1 is 1.21 bits per heavy atom. The van der Waals surface area contributed by atoms with Gasteiger partial charge in [0, 0.05) is 35.9 Å². The Bertz CT molecular complexity index is 918. The lowest BCUT2D eigenvalue weighted by molar-refractivity contribution is -0.128. The number of rotatable bonds is 6. The number of aryl methyl sites for hydroxylation is 1. The second-order valence-corrected chi connectivity index (χ2v) is 8.37. The summed E-state index contributed by atoms with van der Waals surface area (Å²) in [5.41, 5.74) is 3.54. The van der Waals surface area contributed by atoms with Crippen molar-refractivity contribution in [2.75, 3.05) is 0 Å². The van der Waals surface area contributed by atoms with Crippen LogP contribution in [-0.2, 0) is 16.2 Å². The van der Waals surface area contributed by atoms with E-state index in [1.54, 1.807) is 0 Å². The Hall–Kier alpha value is -2.69. The summed E-state index contributed by atoms with van der Waals surface area (Å²) in [6.45, 7) is 6.35. The van der Waals surface area contributed by atoms with Crippen molar-refractivity contribution in [2.45, 2.75) is 58.5 Å². The monoisotopic (exact) mass is 378 g/mol. The van der Waals surface area contributed by atoms with Crippen molar-refractivity contribution < 1.29 is 14.3 Å². The lowest BCUT2D eigenvalue weighted by Gasteiger charge is -2.28. The lowest BCUT2D eigenvalue weighted by atomic mass is 9.73. The minimum absolute atomic E-state index is 0.0436. The minimum Gasteiger partial charge on any atom is -0.489 e. The SMILES string of the molecule is Cc1cc(OCc2ccc([C@@H](C)[C@]3(C)CC(=O)NC3=O)cc2)cc(C2CC2)n1. The summed E-state index contributed by atoms with van der Waals surface area (Å²) in [4.78, 5) is 28.4. The van der Waals surface area contributed by atoms with E-state index in [0.717, 1.165) is 28.3 Å². The highest BCUT2D eigenvalue weighted by atomic mass is 16.5. The first kappa shape index (κ1) is 18.7. The molecule has 1 N–H and O–H groups in total. The summed E-state index contributed by atoms with van der Waals surface area (Å²) in [7, 11) is 0. The Labute approximate surface area is 165 Å². The molecule has 1 saturated heterocycles. The summed E-state index contributed by atoms with van der Waals surface area (Å²) in [5.74, 6) is 1.04. The van der Waals surface area contributed by atoms with E-state index in [4.69, 9.17) is 4.74 Å². The Balaban J connectivity index is 1.42. The fraction of sp³-hybridized carbons (Fsp3) is 0.435. The second-order valence-electron chi connectivity index (χ2n) is 8.37. The molecular formula is C23H26N2O3. The van der Waals surface area contributed by atoms with Gasteiger partial charge in [0.25, 0.3) is 0 Å². The second kappa shape index (κ2) is 7.04. The first-order chi connectivity index (χ1) is 13.3. The molecule has 2 fully saturated rings. The number of carbonyl (C=O) groups excluding carboxylic acids is 2. The van der Waals surface area contributed by atoms with Crippen molar-refractivity contribution in [2.24, 2.45) is 5.41 Å². The zero-order valence-corrected chi connectivity index (χ0v) is 16.6. The standard InChI is InChI=1S/C23H26N2O3/c1-14-10-19(11-20(24-14)18-8-9-18)28-13-16-4-6-17(7-5-16)15(2)23(3)12-21(26)25-22(23)27/h4-7,10-11,15,18H,8-9,12-13H2,1-3H3,(H,25,26,27)/t15-,23+/m1/s1. The van der Waals surface area contributed by atoms with Crippen LogP contribution in [0.15, 0.2) is 36.4 Å². The van der Waals surface area contributed by atoms with Crippen LogP contribution in [0.25, 0.3) is 0 Å². The van der Waals surface area contributed by atoms with Crippen molar-refractivity contribution in [3.05, 3.63) is 58.9 Å². The summed E-state index contributed by atoms with van der Waals surface area (Å²) in [6.07, 6.45) is 2.68. The number of hydrogen-bond donors (Lipinski definition) is 1. The van der Waals surface area contributed by atoms with Gasteiger partial charge < -0.3 is 4.74 Å². The number of nitrogens with one attached hydrogen (secondary N) is 1. The fourth-order valence-corrected chi connectivity index (χ4v) is 3.85. The smallest absolute Gasteiger partial charge is 0.233 e. The molecule has 0 bridgehead atoms. The maximum Gasteiger partial charge on any atom is 0.233 e. The normalized spacial score (nSPS) is 22.8.